The van der Waals surface area contributed by atoms with Crippen molar-refractivity contribution in [1.82, 2.24) is 0 Å². The highest BCUT2D eigenvalue weighted by Gasteiger charge is 2.39. The van der Waals surface area contributed by atoms with Crippen LogP contribution in [0.3, 0.4) is 0 Å². The van der Waals surface area contributed by atoms with Gasteiger partial charge in [-0.05, 0) is 48.5 Å². The van der Waals surface area contributed by atoms with Gasteiger partial charge in [0.2, 0.25) is 0 Å². The van der Waals surface area contributed by atoms with Crippen molar-refractivity contribution in [2.45, 2.75) is 10.1 Å². The first-order valence-corrected chi connectivity index (χ1v) is 10.9. The van der Waals surface area contributed by atoms with Crippen LogP contribution >= 0.6 is 11.8 Å². The van der Waals surface area contributed by atoms with Crippen LogP contribution in [0, 0.1) is 17.6 Å². The van der Waals surface area contributed by atoms with E-state index in [0.717, 1.165) is 10.6 Å². The number of thioether (sulfide) groups is 1. The summed E-state index contributed by atoms with van der Waals surface area (Å²) in [5.74, 6) is -0.681. The topological polar surface area (TPSA) is 51.8 Å². The Morgan fingerprint density at radius 2 is 1.81 bits per heavy atom. The molecule has 0 saturated carbocycles. The van der Waals surface area contributed by atoms with Gasteiger partial charge in [0.05, 0.1) is 40.8 Å². The molecular formula is C25H15F2NO3S. The van der Waals surface area contributed by atoms with Crippen molar-refractivity contribution in [2.24, 2.45) is 10.9 Å². The van der Waals surface area contributed by atoms with Crippen LogP contribution in [0.5, 0.6) is 5.75 Å². The molecule has 0 bridgehead atoms. The van der Waals surface area contributed by atoms with Gasteiger partial charge in [-0.1, -0.05) is 12.1 Å². The Bertz CT molecular complexity index is 1480. The fourth-order valence-electron chi connectivity index (χ4n) is 4.25. The maximum Gasteiger partial charge on any atom is 0.197 e. The summed E-state index contributed by atoms with van der Waals surface area (Å²) < 4.78 is 39.7. The molecule has 3 aromatic carbocycles. The lowest BCUT2D eigenvalue weighted by Crippen LogP contribution is -2.33. The molecule has 32 heavy (non-hydrogen) atoms. The first-order valence-electron chi connectivity index (χ1n) is 10.1. The van der Waals surface area contributed by atoms with Crippen LogP contribution in [0.15, 0.2) is 86.0 Å². The molecule has 0 amide bonds. The maximum atomic E-state index is 14.1. The number of halogens is 2. The molecule has 0 aliphatic carbocycles. The number of hydrogen-bond acceptors (Lipinski definition) is 5. The second-order valence-corrected chi connectivity index (χ2v) is 8.91. The number of hydrogen-bond donors (Lipinski definition) is 0. The van der Waals surface area contributed by atoms with Crippen molar-refractivity contribution in [2.75, 3.05) is 6.61 Å². The molecule has 0 N–H and O–H groups in total. The fraction of sp³-hybridized carbons (Fsp3) is 0.120. The van der Waals surface area contributed by atoms with Crippen LogP contribution in [0.1, 0.15) is 16.4 Å². The van der Waals surface area contributed by atoms with Crippen molar-refractivity contribution in [3.8, 4) is 5.75 Å². The van der Waals surface area contributed by atoms with Crippen molar-refractivity contribution in [1.29, 1.82) is 0 Å². The number of ether oxygens (including phenoxy) is 1. The summed E-state index contributed by atoms with van der Waals surface area (Å²) in [6.45, 7) is 0.268. The normalized spacial score (nSPS) is 19.2. The van der Waals surface area contributed by atoms with Gasteiger partial charge in [0.15, 0.2) is 5.43 Å². The van der Waals surface area contributed by atoms with E-state index in [0.29, 0.717) is 28.2 Å². The number of fused-ring (bicyclic) bond motifs is 5. The Morgan fingerprint density at radius 3 is 2.72 bits per heavy atom. The third kappa shape index (κ3) is 3.04. The number of para-hydroxylation sites is 1. The van der Waals surface area contributed by atoms with Crippen LogP contribution < -0.4 is 10.2 Å². The predicted octanol–water partition coefficient (Wildman–Crippen LogP) is 6.05. The third-order valence-corrected chi connectivity index (χ3v) is 7.22. The van der Waals surface area contributed by atoms with Crippen LogP contribution in [0.25, 0.3) is 11.0 Å². The highest BCUT2D eigenvalue weighted by atomic mass is 32.2. The first-order chi connectivity index (χ1) is 15.6. The van der Waals surface area contributed by atoms with E-state index in [4.69, 9.17) is 14.1 Å². The van der Waals surface area contributed by atoms with E-state index in [9.17, 15) is 13.6 Å². The first kappa shape index (κ1) is 19.3. The van der Waals surface area contributed by atoms with Crippen LogP contribution in [-0.2, 0) is 0 Å². The standard InChI is InChI=1S/C25H15F2NO3S/c26-13-5-7-20-15(9-13)23-17(11-30-20)25(32-22-4-2-1-3-19(22)28-23)18-12-31-21-8-6-14(27)10-16(21)24(18)29/h1-10,12,17,25H,11H2/t17-,25+/m1/s1. The molecule has 6 rings (SSSR count). The molecule has 0 spiro atoms. The number of benzene rings is 3. The molecule has 158 valence electrons. The van der Waals surface area contributed by atoms with Crippen molar-refractivity contribution in [3.63, 3.8) is 0 Å². The minimum Gasteiger partial charge on any atom is -0.492 e. The largest absolute Gasteiger partial charge is 0.492 e. The minimum absolute atomic E-state index is 0.183. The molecular weight excluding hydrogens is 432 g/mol. The Balaban J connectivity index is 1.59. The summed E-state index contributed by atoms with van der Waals surface area (Å²) in [5.41, 5.74) is 2.39. The monoisotopic (exact) mass is 447 g/mol. The Labute approximate surface area is 185 Å². The summed E-state index contributed by atoms with van der Waals surface area (Å²) in [4.78, 5) is 19.2. The van der Waals surface area contributed by atoms with Crippen molar-refractivity contribution >= 4 is 34.1 Å². The van der Waals surface area contributed by atoms with E-state index in [1.165, 1.54) is 48.4 Å². The van der Waals surface area contributed by atoms with Gasteiger partial charge in [-0.15, -0.1) is 11.8 Å². The van der Waals surface area contributed by atoms with Crippen LogP contribution in [0.2, 0.25) is 0 Å². The van der Waals surface area contributed by atoms with Gasteiger partial charge < -0.3 is 9.15 Å². The zero-order chi connectivity index (χ0) is 21.8. The van der Waals surface area contributed by atoms with Crippen molar-refractivity contribution < 1.29 is 17.9 Å². The molecule has 0 saturated heterocycles. The molecule has 0 radical (unpaired) electrons. The molecule has 2 aliphatic rings. The average molecular weight is 447 g/mol. The maximum absolute atomic E-state index is 14.1. The summed E-state index contributed by atoms with van der Waals surface area (Å²) in [5, 5.41) is -0.236. The second-order valence-electron chi connectivity index (χ2n) is 7.72. The summed E-state index contributed by atoms with van der Waals surface area (Å²) in [6.07, 6.45) is 1.44. The van der Waals surface area contributed by atoms with E-state index in [1.54, 1.807) is 6.07 Å². The van der Waals surface area contributed by atoms with E-state index >= 15 is 0 Å². The van der Waals surface area contributed by atoms with Crippen LogP contribution in [-0.4, -0.2) is 12.3 Å². The number of rotatable bonds is 1. The van der Waals surface area contributed by atoms with Crippen LogP contribution in [0.4, 0.5) is 14.5 Å². The molecule has 0 unspecified atom stereocenters. The fourth-order valence-corrected chi connectivity index (χ4v) is 5.58. The number of aliphatic imine (C=N–C) groups is 1. The van der Waals surface area contributed by atoms with Gasteiger partial charge in [-0.2, -0.15) is 0 Å². The molecule has 0 fully saturated rings. The number of nitrogens with zero attached hydrogens (tertiary/aromatic N) is 1. The quantitative estimate of drug-likeness (QED) is 0.357. The van der Waals surface area contributed by atoms with Gasteiger partial charge in [-0.3, -0.25) is 9.79 Å². The Kier molecular flexibility index (Phi) is 4.40. The predicted molar refractivity (Wildman–Crippen MR) is 119 cm³/mol. The van der Waals surface area contributed by atoms with Crippen molar-refractivity contribution in [3.05, 3.63) is 99.9 Å². The van der Waals surface area contributed by atoms with Gasteiger partial charge in [0, 0.05) is 16.0 Å². The minimum atomic E-state index is -0.506. The van der Waals surface area contributed by atoms with E-state index in [1.807, 2.05) is 24.3 Å². The molecule has 3 heterocycles. The zero-order valence-electron chi connectivity index (χ0n) is 16.5. The lowest BCUT2D eigenvalue weighted by Gasteiger charge is -2.31. The summed E-state index contributed by atoms with van der Waals surface area (Å²) in [7, 11) is 0. The molecule has 1 aromatic heterocycles. The highest BCUT2D eigenvalue weighted by Crippen LogP contribution is 2.49. The Hall–Kier alpha value is -3.45. The lowest BCUT2D eigenvalue weighted by molar-refractivity contribution is 0.270. The molecule has 2 atom stereocenters. The third-order valence-electron chi connectivity index (χ3n) is 5.78. The molecule has 4 nitrogen and oxygen atoms in total. The molecule has 4 aromatic rings. The summed E-state index contributed by atoms with van der Waals surface area (Å²) in [6, 6.07) is 15.9. The summed E-state index contributed by atoms with van der Waals surface area (Å²) >= 11 is 1.48. The van der Waals surface area contributed by atoms with E-state index < -0.39 is 16.9 Å². The van der Waals surface area contributed by atoms with Gasteiger partial charge in [-0.25, -0.2) is 8.78 Å². The average Bonchev–Trinajstić information content (AvgIpc) is 2.97. The smallest absolute Gasteiger partial charge is 0.197 e. The van der Waals surface area contributed by atoms with Gasteiger partial charge >= 0.3 is 0 Å². The SMILES string of the molecule is O=c1c([C@H]2Sc3ccccc3N=C3c4cc(F)ccc4OC[C@H]32)coc2ccc(F)cc12. The molecule has 7 heteroatoms. The van der Waals surface area contributed by atoms with E-state index in [2.05, 4.69) is 0 Å². The Morgan fingerprint density at radius 1 is 1.00 bits per heavy atom. The van der Waals surface area contributed by atoms with E-state index in [-0.39, 0.29) is 23.3 Å². The zero-order valence-corrected chi connectivity index (χ0v) is 17.4. The highest BCUT2D eigenvalue weighted by molar-refractivity contribution is 7.99. The second kappa shape index (κ2) is 7.31. The van der Waals surface area contributed by atoms with Gasteiger partial charge in [0.25, 0.3) is 0 Å². The lowest BCUT2D eigenvalue weighted by atomic mass is 9.88. The van der Waals surface area contributed by atoms with Gasteiger partial charge in [0.1, 0.15) is 23.0 Å². The molecule has 2 aliphatic heterocycles.